The molecule has 33 heavy (non-hydrogen) atoms. The second-order valence-corrected chi connectivity index (χ2v) is 8.21. The molecule has 1 amide bonds. The number of aryl methyl sites for hydroxylation is 1. The molecule has 3 heterocycles. The third-order valence-corrected chi connectivity index (χ3v) is 5.93. The lowest BCUT2D eigenvalue weighted by atomic mass is 10.0. The zero-order chi connectivity index (χ0) is 22.6. The largest absolute Gasteiger partial charge is 0.378 e. The molecule has 4 aromatic rings. The fraction of sp³-hybridized carbons (Fsp3) is 0.222. The number of anilines is 1. The lowest BCUT2D eigenvalue weighted by molar-refractivity contribution is 0.0952. The number of morpholine rings is 1. The van der Waals surface area contributed by atoms with Crippen LogP contribution in [0.1, 0.15) is 21.5 Å². The van der Waals surface area contributed by atoms with E-state index in [1.54, 1.807) is 6.20 Å². The van der Waals surface area contributed by atoms with E-state index < -0.39 is 0 Å². The monoisotopic (exact) mass is 438 g/mol. The van der Waals surface area contributed by atoms with E-state index in [0.717, 1.165) is 46.6 Å². The van der Waals surface area contributed by atoms with Gasteiger partial charge in [-0.2, -0.15) is 0 Å². The molecule has 0 unspecified atom stereocenters. The van der Waals surface area contributed by atoms with Crippen LogP contribution in [-0.2, 0) is 11.3 Å². The minimum absolute atomic E-state index is 0.126. The molecule has 1 fully saturated rings. The number of nitrogens with one attached hydrogen (secondary N) is 1. The van der Waals surface area contributed by atoms with Gasteiger partial charge >= 0.3 is 0 Å². The van der Waals surface area contributed by atoms with Gasteiger partial charge in [0.1, 0.15) is 5.82 Å². The van der Waals surface area contributed by atoms with Crippen LogP contribution in [0.15, 0.2) is 72.9 Å². The number of amides is 1. The number of rotatable bonds is 5. The van der Waals surface area contributed by atoms with Gasteiger partial charge in [-0.3, -0.25) is 4.79 Å². The number of para-hydroxylation sites is 1. The quantitative estimate of drug-likeness (QED) is 0.501. The molecule has 0 saturated carbocycles. The Kier molecular flexibility index (Phi) is 6.00. The number of carbonyl (C=O) groups is 1. The Hall–Kier alpha value is -3.77. The molecule has 1 N–H and O–H groups in total. The zero-order valence-corrected chi connectivity index (χ0v) is 18.6. The minimum Gasteiger partial charge on any atom is -0.378 e. The number of ether oxygens (including phenoxy) is 1. The second kappa shape index (κ2) is 9.38. The van der Waals surface area contributed by atoms with Gasteiger partial charge in [-0.25, -0.2) is 9.97 Å². The van der Waals surface area contributed by atoms with Crippen molar-refractivity contribution in [1.29, 1.82) is 0 Å². The Bertz CT molecular complexity index is 1280. The van der Waals surface area contributed by atoms with Crippen LogP contribution in [-0.4, -0.2) is 42.2 Å². The first kappa shape index (κ1) is 21.1. The van der Waals surface area contributed by atoms with E-state index in [4.69, 9.17) is 9.72 Å². The highest BCUT2D eigenvalue weighted by molar-refractivity contribution is 6.07. The Balaban J connectivity index is 1.44. The van der Waals surface area contributed by atoms with E-state index in [2.05, 4.69) is 34.3 Å². The summed E-state index contributed by atoms with van der Waals surface area (Å²) in [5.74, 6) is 0.778. The van der Waals surface area contributed by atoms with E-state index in [9.17, 15) is 4.79 Å². The maximum Gasteiger partial charge on any atom is 0.252 e. The topological polar surface area (TPSA) is 67.4 Å². The van der Waals surface area contributed by atoms with Gasteiger partial charge in [0, 0.05) is 42.3 Å². The summed E-state index contributed by atoms with van der Waals surface area (Å²) in [7, 11) is 0. The van der Waals surface area contributed by atoms with E-state index in [-0.39, 0.29) is 5.91 Å². The predicted molar refractivity (Wildman–Crippen MR) is 130 cm³/mol. The molecule has 5 rings (SSSR count). The smallest absolute Gasteiger partial charge is 0.252 e. The number of fused-ring (bicyclic) bond motifs is 1. The Morgan fingerprint density at radius 1 is 1.03 bits per heavy atom. The average molecular weight is 439 g/mol. The Labute approximate surface area is 193 Å². The number of carbonyl (C=O) groups excluding carboxylic acids is 1. The summed E-state index contributed by atoms with van der Waals surface area (Å²) in [4.78, 5) is 25.0. The first-order chi connectivity index (χ1) is 16.2. The van der Waals surface area contributed by atoms with Crippen molar-refractivity contribution in [2.24, 2.45) is 0 Å². The number of nitrogens with zero attached hydrogens (tertiary/aromatic N) is 3. The highest BCUT2D eigenvalue weighted by Gasteiger charge is 2.18. The minimum atomic E-state index is -0.126. The molecule has 1 aliphatic rings. The van der Waals surface area contributed by atoms with Crippen LogP contribution in [0.25, 0.3) is 22.2 Å². The van der Waals surface area contributed by atoms with Crippen LogP contribution in [0.2, 0.25) is 0 Å². The first-order valence-corrected chi connectivity index (χ1v) is 11.2. The number of benzene rings is 2. The third kappa shape index (κ3) is 4.56. The number of aromatic nitrogens is 2. The van der Waals surface area contributed by atoms with Crippen molar-refractivity contribution < 1.29 is 9.53 Å². The molecular formula is C27H26N4O2. The first-order valence-electron chi connectivity index (χ1n) is 11.2. The molecule has 0 bridgehead atoms. The highest BCUT2D eigenvalue weighted by atomic mass is 16.5. The average Bonchev–Trinajstić information content (AvgIpc) is 2.88. The van der Waals surface area contributed by atoms with Crippen molar-refractivity contribution in [3.05, 3.63) is 89.6 Å². The van der Waals surface area contributed by atoms with Crippen LogP contribution in [0.3, 0.4) is 0 Å². The maximum atomic E-state index is 13.4. The van der Waals surface area contributed by atoms with E-state index in [1.807, 2.05) is 54.6 Å². The van der Waals surface area contributed by atoms with Crippen molar-refractivity contribution in [1.82, 2.24) is 15.3 Å². The molecule has 2 aromatic carbocycles. The summed E-state index contributed by atoms with van der Waals surface area (Å²) in [6.45, 7) is 5.43. The van der Waals surface area contributed by atoms with Crippen molar-refractivity contribution in [3.8, 4) is 11.3 Å². The molecule has 1 saturated heterocycles. The van der Waals surface area contributed by atoms with Crippen molar-refractivity contribution >= 4 is 22.6 Å². The van der Waals surface area contributed by atoms with Crippen LogP contribution < -0.4 is 10.2 Å². The fourth-order valence-corrected chi connectivity index (χ4v) is 4.13. The fourth-order valence-electron chi connectivity index (χ4n) is 4.13. The molecule has 0 radical (unpaired) electrons. The van der Waals surface area contributed by atoms with Crippen LogP contribution >= 0.6 is 0 Å². The van der Waals surface area contributed by atoms with Gasteiger partial charge in [-0.1, -0.05) is 54.1 Å². The molecule has 2 aromatic heterocycles. The van der Waals surface area contributed by atoms with Gasteiger partial charge in [0.15, 0.2) is 0 Å². The van der Waals surface area contributed by atoms with E-state index >= 15 is 0 Å². The van der Waals surface area contributed by atoms with Crippen LogP contribution in [0.5, 0.6) is 0 Å². The predicted octanol–water partition coefficient (Wildman–Crippen LogP) is 4.37. The van der Waals surface area contributed by atoms with Gasteiger partial charge in [0.2, 0.25) is 0 Å². The van der Waals surface area contributed by atoms with Gasteiger partial charge in [-0.15, -0.1) is 0 Å². The highest BCUT2D eigenvalue weighted by Crippen LogP contribution is 2.26. The number of hydrogen-bond acceptors (Lipinski definition) is 5. The van der Waals surface area contributed by atoms with Crippen molar-refractivity contribution in [2.75, 3.05) is 31.2 Å². The molecule has 6 nitrogen and oxygen atoms in total. The second-order valence-electron chi connectivity index (χ2n) is 8.21. The van der Waals surface area contributed by atoms with Crippen molar-refractivity contribution in [3.63, 3.8) is 0 Å². The molecule has 0 aliphatic carbocycles. The standard InChI is InChI=1S/C27H26N4O2/c1-19-8-10-20(11-9-19)25-17-23(22-6-2-3-7-24(22)30-25)27(32)29-18-21-5-4-12-28-26(21)31-13-15-33-16-14-31/h2-12,17H,13-16,18H2,1H3,(H,29,32). The SMILES string of the molecule is Cc1ccc(-c2cc(C(=O)NCc3cccnc3N3CCOCC3)c3ccccc3n2)cc1. The third-order valence-electron chi connectivity index (χ3n) is 5.93. The molecule has 166 valence electrons. The number of hydrogen-bond donors (Lipinski definition) is 1. The lowest BCUT2D eigenvalue weighted by Crippen LogP contribution is -2.37. The Morgan fingerprint density at radius 3 is 2.64 bits per heavy atom. The summed E-state index contributed by atoms with van der Waals surface area (Å²) < 4.78 is 5.47. The molecule has 0 atom stereocenters. The van der Waals surface area contributed by atoms with Gasteiger partial charge < -0.3 is 15.0 Å². The Morgan fingerprint density at radius 2 is 1.82 bits per heavy atom. The molecule has 1 aliphatic heterocycles. The van der Waals surface area contributed by atoms with Crippen LogP contribution in [0.4, 0.5) is 5.82 Å². The summed E-state index contributed by atoms with van der Waals surface area (Å²) in [5, 5.41) is 3.95. The summed E-state index contributed by atoms with van der Waals surface area (Å²) in [5.41, 5.74) is 5.37. The molecule has 6 heteroatoms. The molecule has 0 spiro atoms. The zero-order valence-electron chi connectivity index (χ0n) is 18.6. The normalized spacial score (nSPS) is 13.8. The maximum absolute atomic E-state index is 13.4. The summed E-state index contributed by atoms with van der Waals surface area (Å²) in [6.07, 6.45) is 1.79. The van der Waals surface area contributed by atoms with Gasteiger partial charge in [0.25, 0.3) is 5.91 Å². The van der Waals surface area contributed by atoms with Crippen molar-refractivity contribution in [2.45, 2.75) is 13.5 Å². The lowest BCUT2D eigenvalue weighted by Gasteiger charge is -2.29. The van der Waals surface area contributed by atoms with E-state index in [1.165, 1.54) is 5.56 Å². The molecular weight excluding hydrogens is 412 g/mol. The number of pyridine rings is 2. The van der Waals surface area contributed by atoms with Gasteiger partial charge in [0.05, 0.1) is 30.0 Å². The van der Waals surface area contributed by atoms with Gasteiger partial charge in [-0.05, 0) is 25.1 Å². The summed E-state index contributed by atoms with van der Waals surface area (Å²) in [6, 6.07) is 21.8. The van der Waals surface area contributed by atoms with E-state index in [0.29, 0.717) is 25.3 Å². The summed E-state index contributed by atoms with van der Waals surface area (Å²) >= 11 is 0. The van der Waals surface area contributed by atoms with Crippen LogP contribution in [0, 0.1) is 6.92 Å².